The van der Waals surface area contributed by atoms with Crippen molar-refractivity contribution in [2.24, 2.45) is 0 Å². The highest BCUT2D eigenvalue weighted by atomic mass is 79.9. The van der Waals surface area contributed by atoms with Crippen LogP contribution < -0.4 is 5.32 Å². The molecule has 0 aliphatic rings. The Labute approximate surface area is 117 Å². The average Bonchev–Trinajstić information content (AvgIpc) is 2.75. The van der Waals surface area contributed by atoms with Crippen molar-refractivity contribution in [3.63, 3.8) is 0 Å². The number of aryl methyl sites for hydroxylation is 1. The predicted molar refractivity (Wildman–Crippen MR) is 74.5 cm³/mol. The summed E-state index contributed by atoms with van der Waals surface area (Å²) in [6.45, 7) is 1.89. The normalized spacial score (nSPS) is 10.4. The summed E-state index contributed by atoms with van der Waals surface area (Å²) in [5.41, 5.74) is 0.911. The molecular formula is C9H6Br2N2OS2. The van der Waals surface area contributed by atoms with E-state index in [1.54, 1.807) is 6.07 Å². The van der Waals surface area contributed by atoms with E-state index in [1.165, 1.54) is 22.7 Å². The lowest BCUT2D eigenvalue weighted by molar-refractivity contribution is 0.103. The van der Waals surface area contributed by atoms with Gasteiger partial charge in [-0.25, -0.2) is 4.98 Å². The monoisotopic (exact) mass is 380 g/mol. The van der Waals surface area contributed by atoms with E-state index in [-0.39, 0.29) is 5.91 Å². The van der Waals surface area contributed by atoms with Crippen LogP contribution in [0.4, 0.5) is 5.13 Å². The topological polar surface area (TPSA) is 42.0 Å². The molecule has 3 nitrogen and oxygen atoms in total. The molecule has 0 unspecified atom stereocenters. The molecular weight excluding hydrogens is 376 g/mol. The summed E-state index contributed by atoms with van der Waals surface area (Å²) in [6, 6.07) is 1.78. The third-order valence-electron chi connectivity index (χ3n) is 1.71. The molecule has 0 fully saturated rings. The quantitative estimate of drug-likeness (QED) is 0.842. The van der Waals surface area contributed by atoms with Gasteiger partial charge in [-0.15, -0.1) is 22.7 Å². The van der Waals surface area contributed by atoms with Crippen LogP contribution in [0.5, 0.6) is 0 Å². The summed E-state index contributed by atoms with van der Waals surface area (Å²) < 4.78 is 1.80. The lowest BCUT2D eigenvalue weighted by atomic mass is 10.4. The number of carbonyl (C=O) groups is 1. The Bertz CT molecular complexity index is 516. The van der Waals surface area contributed by atoms with Crippen LogP contribution in [0, 0.1) is 6.92 Å². The molecule has 1 N–H and O–H groups in total. The van der Waals surface area contributed by atoms with Crippen molar-refractivity contribution in [2.75, 3.05) is 5.32 Å². The standard InChI is InChI=1S/C9H6Br2N2OS2/c1-4-3-15-9(12-4)13-8(14)6-2-5(10)7(11)16-6/h2-3H,1H3,(H,12,13,14). The van der Waals surface area contributed by atoms with E-state index < -0.39 is 0 Å². The van der Waals surface area contributed by atoms with Gasteiger partial charge in [-0.05, 0) is 44.8 Å². The molecule has 2 aromatic rings. The highest BCUT2D eigenvalue weighted by molar-refractivity contribution is 9.13. The van der Waals surface area contributed by atoms with E-state index in [1.807, 2.05) is 12.3 Å². The van der Waals surface area contributed by atoms with Crippen LogP contribution in [0.1, 0.15) is 15.4 Å². The minimum absolute atomic E-state index is 0.134. The molecule has 2 rings (SSSR count). The molecule has 0 saturated heterocycles. The van der Waals surface area contributed by atoms with E-state index in [2.05, 4.69) is 42.2 Å². The van der Waals surface area contributed by atoms with Crippen molar-refractivity contribution in [1.29, 1.82) is 0 Å². The number of halogens is 2. The summed E-state index contributed by atoms with van der Waals surface area (Å²) in [7, 11) is 0. The highest BCUT2D eigenvalue weighted by Gasteiger charge is 2.13. The molecule has 16 heavy (non-hydrogen) atoms. The van der Waals surface area contributed by atoms with Crippen LogP contribution in [0.15, 0.2) is 19.7 Å². The number of carbonyl (C=O) groups excluding carboxylic acids is 1. The minimum Gasteiger partial charge on any atom is -0.297 e. The zero-order chi connectivity index (χ0) is 11.7. The number of thiophene rings is 1. The lowest BCUT2D eigenvalue weighted by Crippen LogP contribution is -2.09. The fraction of sp³-hybridized carbons (Fsp3) is 0.111. The van der Waals surface area contributed by atoms with E-state index in [0.717, 1.165) is 14.0 Å². The molecule has 0 atom stereocenters. The van der Waals surface area contributed by atoms with Gasteiger partial charge < -0.3 is 0 Å². The first-order chi connectivity index (χ1) is 7.56. The molecule has 7 heteroatoms. The second-order valence-electron chi connectivity index (χ2n) is 2.98. The number of hydrogen-bond donors (Lipinski definition) is 1. The Kier molecular flexibility index (Phi) is 3.78. The van der Waals surface area contributed by atoms with E-state index in [4.69, 9.17) is 0 Å². The van der Waals surface area contributed by atoms with Crippen LogP contribution in [0.2, 0.25) is 0 Å². The smallest absolute Gasteiger partial charge is 0.267 e. The number of thiazole rings is 1. The van der Waals surface area contributed by atoms with Crippen LogP contribution in [-0.4, -0.2) is 10.9 Å². The van der Waals surface area contributed by atoms with Gasteiger partial charge in [0.2, 0.25) is 0 Å². The maximum absolute atomic E-state index is 11.8. The van der Waals surface area contributed by atoms with Crippen LogP contribution >= 0.6 is 54.5 Å². The molecule has 2 aromatic heterocycles. The first-order valence-electron chi connectivity index (χ1n) is 4.24. The maximum Gasteiger partial charge on any atom is 0.267 e. The van der Waals surface area contributed by atoms with Gasteiger partial charge in [0.1, 0.15) is 0 Å². The summed E-state index contributed by atoms with van der Waals surface area (Å²) in [5, 5.41) is 5.28. The molecule has 84 valence electrons. The van der Waals surface area contributed by atoms with Crippen LogP contribution in [0.25, 0.3) is 0 Å². The van der Waals surface area contributed by atoms with Crippen LogP contribution in [-0.2, 0) is 0 Å². The van der Waals surface area contributed by atoms with Crippen molar-refractivity contribution in [1.82, 2.24) is 4.98 Å². The summed E-state index contributed by atoms with van der Waals surface area (Å²) in [6.07, 6.45) is 0. The highest BCUT2D eigenvalue weighted by Crippen LogP contribution is 2.32. The Morgan fingerprint density at radius 2 is 2.25 bits per heavy atom. The first kappa shape index (κ1) is 12.2. The molecule has 0 bridgehead atoms. The second kappa shape index (κ2) is 4.95. The predicted octanol–water partition coefficient (Wildman–Crippen LogP) is 4.29. The SMILES string of the molecule is Cc1csc(NC(=O)c2cc(Br)c(Br)s2)n1. The number of anilines is 1. The molecule has 0 saturated carbocycles. The van der Waals surface area contributed by atoms with Crippen molar-refractivity contribution in [3.8, 4) is 0 Å². The summed E-state index contributed by atoms with van der Waals surface area (Å²) in [4.78, 5) is 16.6. The Hall–Kier alpha value is -0.240. The van der Waals surface area contributed by atoms with Gasteiger partial charge in [-0.2, -0.15) is 0 Å². The van der Waals surface area contributed by atoms with Gasteiger partial charge in [0.15, 0.2) is 5.13 Å². The van der Waals surface area contributed by atoms with Crippen molar-refractivity contribution >= 4 is 65.6 Å². The van der Waals surface area contributed by atoms with E-state index >= 15 is 0 Å². The van der Waals surface area contributed by atoms with Gasteiger partial charge in [0.25, 0.3) is 5.91 Å². The molecule has 0 radical (unpaired) electrons. The third-order valence-corrected chi connectivity index (χ3v) is 5.84. The lowest BCUT2D eigenvalue weighted by Gasteiger charge is -1.97. The van der Waals surface area contributed by atoms with Crippen molar-refractivity contribution < 1.29 is 4.79 Å². The van der Waals surface area contributed by atoms with Gasteiger partial charge in [-0.3, -0.25) is 10.1 Å². The fourth-order valence-corrected chi connectivity index (χ4v) is 3.64. The minimum atomic E-state index is -0.134. The number of rotatable bonds is 2. The van der Waals surface area contributed by atoms with Gasteiger partial charge in [-0.1, -0.05) is 0 Å². The van der Waals surface area contributed by atoms with Crippen molar-refractivity contribution in [3.05, 3.63) is 30.3 Å². The fourth-order valence-electron chi connectivity index (χ4n) is 1.03. The maximum atomic E-state index is 11.8. The first-order valence-corrected chi connectivity index (χ1v) is 7.53. The Morgan fingerprint density at radius 1 is 1.50 bits per heavy atom. The number of aromatic nitrogens is 1. The number of nitrogens with one attached hydrogen (secondary N) is 1. The molecule has 0 spiro atoms. The number of amides is 1. The second-order valence-corrected chi connectivity index (χ2v) is 7.06. The summed E-state index contributed by atoms with van der Waals surface area (Å²) >= 11 is 9.50. The number of hydrogen-bond acceptors (Lipinski definition) is 4. The molecule has 0 aliphatic heterocycles. The van der Waals surface area contributed by atoms with Gasteiger partial charge >= 0.3 is 0 Å². The Balaban J connectivity index is 2.14. The third kappa shape index (κ3) is 2.71. The van der Waals surface area contributed by atoms with Gasteiger partial charge in [0, 0.05) is 9.85 Å². The largest absolute Gasteiger partial charge is 0.297 e. The molecule has 0 aromatic carbocycles. The molecule has 0 aliphatic carbocycles. The van der Waals surface area contributed by atoms with Crippen LogP contribution in [0.3, 0.4) is 0 Å². The molecule has 1 amide bonds. The van der Waals surface area contributed by atoms with Crippen molar-refractivity contribution in [2.45, 2.75) is 6.92 Å². The van der Waals surface area contributed by atoms with Gasteiger partial charge in [0.05, 0.1) is 14.4 Å². The zero-order valence-electron chi connectivity index (χ0n) is 8.08. The Morgan fingerprint density at radius 3 is 2.75 bits per heavy atom. The molecule has 2 heterocycles. The van der Waals surface area contributed by atoms with E-state index in [0.29, 0.717) is 10.0 Å². The zero-order valence-corrected chi connectivity index (χ0v) is 12.9. The number of nitrogens with zero attached hydrogens (tertiary/aromatic N) is 1. The van der Waals surface area contributed by atoms with E-state index in [9.17, 15) is 4.79 Å². The average molecular weight is 382 g/mol. The summed E-state index contributed by atoms with van der Waals surface area (Å²) in [5.74, 6) is -0.134.